The van der Waals surface area contributed by atoms with Gasteiger partial charge in [0.2, 0.25) is 0 Å². The number of ether oxygens (including phenoxy) is 2. The number of rotatable bonds is 7. The van der Waals surface area contributed by atoms with Crippen LogP contribution in [0.1, 0.15) is 17.5 Å². The van der Waals surface area contributed by atoms with Crippen LogP contribution in [0.15, 0.2) is 47.4 Å². The van der Waals surface area contributed by atoms with Crippen molar-refractivity contribution in [1.29, 1.82) is 0 Å². The molecule has 1 amide bonds. The molecule has 31 heavy (non-hydrogen) atoms. The van der Waals surface area contributed by atoms with Crippen LogP contribution in [0.4, 0.5) is 5.69 Å². The molecule has 7 heteroatoms. The summed E-state index contributed by atoms with van der Waals surface area (Å²) < 4.78 is 10.4. The lowest BCUT2D eigenvalue weighted by atomic mass is 10.1. The highest BCUT2D eigenvalue weighted by atomic mass is 32.2. The third-order valence-corrected chi connectivity index (χ3v) is 6.82. The van der Waals surface area contributed by atoms with E-state index in [9.17, 15) is 9.59 Å². The number of amides is 1. The van der Waals surface area contributed by atoms with Gasteiger partial charge < -0.3 is 19.3 Å². The van der Waals surface area contributed by atoms with Gasteiger partial charge in [0.25, 0.3) is 5.91 Å². The fraction of sp³-hybridized carbons (Fsp3) is 0.417. The third kappa shape index (κ3) is 5.53. The number of thioether (sulfide) groups is 1. The van der Waals surface area contributed by atoms with Gasteiger partial charge in [-0.05, 0) is 66.8 Å². The lowest BCUT2D eigenvalue weighted by molar-refractivity contribution is -0.150. The minimum Gasteiger partial charge on any atom is -0.497 e. The first-order valence-electron chi connectivity index (χ1n) is 10.7. The monoisotopic (exact) mass is 440 g/mol. The topological polar surface area (TPSA) is 59.1 Å². The summed E-state index contributed by atoms with van der Waals surface area (Å²) in [7, 11) is 1.65. The standard InChI is InChI=1S/C24H28N2O4S/c1-29-21-8-6-20(7-9-21)25-11-13-26(14-12-25)23(27)16-30-24(28)17-31-22-10-5-18-3-2-4-19(18)15-22/h5-10,15H,2-4,11-14,16-17H2,1H3. The molecule has 164 valence electrons. The molecule has 0 atom stereocenters. The van der Waals surface area contributed by atoms with E-state index in [1.165, 1.54) is 29.3 Å². The number of esters is 1. The Morgan fingerprint density at radius 3 is 2.45 bits per heavy atom. The summed E-state index contributed by atoms with van der Waals surface area (Å²) in [6, 6.07) is 14.3. The number of hydrogen-bond donors (Lipinski definition) is 0. The minimum absolute atomic E-state index is 0.134. The van der Waals surface area contributed by atoms with Gasteiger partial charge in [0, 0.05) is 36.8 Å². The molecular weight excluding hydrogens is 412 g/mol. The zero-order valence-electron chi connectivity index (χ0n) is 17.8. The fourth-order valence-electron chi connectivity index (χ4n) is 4.06. The molecule has 2 aromatic carbocycles. The zero-order valence-corrected chi connectivity index (χ0v) is 18.7. The predicted molar refractivity (Wildman–Crippen MR) is 122 cm³/mol. The first-order chi connectivity index (χ1) is 15.1. The van der Waals surface area contributed by atoms with E-state index < -0.39 is 0 Å². The van der Waals surface area contributed by atoms with Crippen LogP contribution in [0.5, 0.6) is 5.75 Å². The van der Waals surface area contributed by atoms with Crippen molar-refractivity contribution in [3.8, 4) is 5.75 Å². The van der Waals surface area contributed by atoms with Gasteiger partial charge in [-0.2, -0.15) is 0 Å². The van der Waals surface area contributed by atoms with E-state index in [0.717, 1.165) is 42.3 Å². The van der Waals surface area contributed by atoms with Crippen molar-refractivity contribution >= 4 is 29.3 Å². The summed E-state index contributed by atoms with van der Waals surface area (Å²) in [5.74, 6) is 0.562. The molecule has 1 fully saturated rings. The largest absolute Gasteiger partial charge is 0.497 e. The Labute approximate surface area is 187 Å². The molecule has 0 unspecified atom stereocenters. The maximum atomic E-state index is 12.4. The SMILES string of the molecule is COc1ccc(N2CCN(C(=O)COC(=O)CSc3ccc4c(c3)CCC4)CC2)cc1. The number of benzene rings is 2. The number of piperazine rings is 1. The molecule has 1 heterocycles. The summed E-state index contributed by atoms with van der Waals surface area (Å²) >= 11 is 1.47. The van der Waals surface area contributed by atoms with Crippen molar-refractivity contribution in [2.45, 2.75) is 24.2 Å². The van der Waals surface area contributed by atoms with Crippen molar-refractivity contribution in [2.24, 2.45) is 0 Å². The summed E-state index contributed by atoms with van der Waals surface area (Å²) in [5.41, 5.74) is 3.93. The number of fused-ring (bicyclic) bond motifs is 1. The molecule has 0 radical (unpaired) electrons. The van der Waals surface area contributed by atoms with E-state index in [1.807, 2.05) is 24.3 Å². The highest BCUT2D eigenvalue weighted by Gasteiger charge is 2.22. The van der Waals surface area contributed by atoms with E-state index in [4.69, 9.17) is 9.47 Å². The van der Waals surface area contributed by atoms with Crippen LogP contribution >= 0.6 is 11.8 Å². The van der Waals surface area contributed by atoms with E-state index in [1.54, 1.807) is 12.0 Å². The highest BCUT2D eigenvalue weighted by Crippen LogP contribution is 2.27. The lowest BCUT2D eigenvalue weighted by Gasteiger charge is -2.36. The molecule has 0 spiro atoms. The maximum Gasteiger partial charge on any atom is 0.316 e. The molecule has 0 aromatic heterocycles. The van der Waals surface area contributed by atoms with Gasteiger partial charge in [0.15, 0.2) is 6.61 Å². The second-order valence-electron chi connectivity index (χ2n) is 7.80. The molecule has 0 N–H and O–H groups in total. The first kappa shape index (κ1) is 21.6. The average molecular weight is 441 g/mol. The predicted octanol–water partition coefficient (Wildman–Crippen LogP) is 3.17. The van der Waals surface area contributed by atoms with Gasteiger partial charge in [0.05, 0.1) is 12.9 Å². The number of nitrogens with zero attached hydrogens (tertiary/aromatic N) is 2. The normalized spacial score (nSPS) is 15.5. The fourth-order valence-corrected chi connectivity index (χ4v) is 4.82. The second-order valence-corrected chi connectivity index (χ2v) is 8.85. The number of methoxy groups -OCH3 is 1. The Kier molecular flexibility index (Phi) is 7.02. The van der Waals surface area contributed by atoms with Crippen LogP contribution in [0.2, 0.25) is 0 Å². The number of carbonyl (C=O) groups excluding carboxylic acids is 2. The van der Waals surface area contributed by atoms with Gasteiger partial charge in [-0.1, -0.05) is 6.07 Å². The number of carbonyl (C=O) groups is 2. The Morgan fingerprint density at radius 1 is 0.968 bits per heavy atom. The van der Waals surface area contributed by atoms with Crippen LogP contribution in [0.3, 0.4) is 0 Å². The lowest BCUT2D eigenvalue weighted by Crippen LogP contribution is -2.49. The van der Waals surface area contributed by atoms with E-state index >= 15 is 0 Å². The Bertz CT molecular complexity index is 924. The molecule has 1 aliphatic heterocycles. The van der Waals surface area contributed by atoms with Gasteiger partial charge in [-0.3, -0.25) is 9.59 Å². The second kappa shape index (κ2) is 10.1. The zero-order chi connectivity index (χ0) is 21.6. The summed E-state index contributed by atoms with van der Waals surface area (Å²) in [6.45, 7) is 2.55. The smallest absolute Gasteiger partial charge is 0.316 e. The van der Waals surface area contributed by atoms with E-state index in [0.29, 0.717) is 13.1 Å². The molecule has 1 saturated heterocycles. The summed E-state index contributed by atoms with van der Waals surface area (Å²) in [4.78, 5) is 29.6. The summed E-state index contributed by atoms with van der Waals surface area (Å²) in [5, 5.41) is 0. The molecule has 2 aromatic rings. The van der Waals surface area contributed by atoms with Crippen molar-refractivity contribution in [2.75, 3.05) is 50.5 Å². The van der Waals surface area contributed by atoms with Crippen molar-refractivity contribution in [3.05, 3.63) is 53.6 Å². The third-order valence-electron chi connectivity index (χ3n) is 5.85. The minimum atomic E-state index is -0.351. The van der Waals surface area contributed by atoms with Gasteiger partial charge in [-0.15, -0.1) is 11.8 Å². The Morgan fingerprint density at radius 2 is 1.71 bits per heavy atom. The van der Waals surface area contributed by atoms with E-state index in [-0.39, 0.29) is 24.2 Å². The maximum absolute atomic E-state index is 12.4. The van der Waals surface area contributed by atoms with E-state index in [2.05, 4.69) is 23.1 Å². The van der Waals surface area contributed by atoms with Crippen molar-refractivity contribution in [1.82, 2.24) is 4.90 Å². The average Bonchev–Trinajstić information content (AvgIpc) is 3.29. The van der Waals surface area contributed by atoms with Crippen LogP contribution in [-0.2, 0) is 27.2 Å². The summed E-state index contributed by atoms with van der Waals surface area (Å²) in [6.07, 6.45) is 3.48. The molecule has 0 bridgehead atoms. The molecule has 6 nitrogen and oxygen atoms in total. The quantitative estimate of drug-likeness (QED) is 0.487. The molecule has 4 rings (SSSR count). The van der Waals surface area contributed by atoms with Crippen LogP contribution in [0, 0.1) is 0 Å². The van der Waals surface area contributed by atoms with Crippen LogP contribution in [-0.4, -0.2) is 62.4 Å². The van der Waals surface area contributed by atoms with Crippen LogP contribution < -0.4 is 9.64 Å². The number of anilines is 1. The molecule has 1 aliphatic carbocycles. The van der Waals surface area contributed by atoms with Gasteiger partial charge >= 0.3 is 5.97 Å². The first-order valence-corrected chi connectivity index (χ1v) is 11.7. The molecule has 2 aliphatic rings. The molecule has 0 saturated carbocycles. The van der Waals surface area contributed by atoms with Crippen LogP contribution in [0.25, 0.3) is 0 Å². The van der Waals surface area contributed by atoms with Gasteiger partial charge in [-0.25, -0.2) is 0 Å². The number of hydrogen-bond acceptors (Lipinski definition) is 6. The van der Waals surface area contributed by atoms with Gasteiger partial charge in [0.1, 0.15) is 5.75 Å². The number of aryl methyl sites for hydroxylation is 2. The molecular formula is C24H28N2O4S. The Balaban J connectivity index is 1.17. The highest BCUT2D eigenvalue weighted by molar-refractivity contribution is 8.00. The van der Waals surface area contributed by atoms with Crippen molar-refractivity contribution < 1.29 is 19.1 Å². The van der Waals surface area contributed by atoms with Crippen molar-refractivity contribution in [3.63, 3.8) is 0 Å². The Hall–Kier alpha value is -2.67.